The number of aryl methyl sites for hydroxylation is 1. The lowest BCUT2D eigenvalue weighted by molar-refractivity contribution is 0.0943. The second kappa shape index (κ2) is 6.52. The summed E-state index contributed by atoms with van der Waals surface area (Å²) in [5, 5.41) is 3.92. The van der Waals surface area contributed by atoms with Gasteiger partial charge in [0.2, 0.25) is 0 Å². The molecule has 0 aliphatic heterocycles. The smallest absolute Gasteiger partial charge is 0.268 e. The third-order valence-electron chi connectivity index (χ3n) is 3.73. The number of nitrogens with zero attached hydrogens (tertiary/aromatic N) is 2. The summed E-state index contributed by atoms with van der Waals surface area (Å²) in [4.78, 5) is 16.5. The summed E-state index contributed by atoms with van der Waals surface area (Å²) in [5.41, 5.74) is 2.59. The first kappa shape index (κ1) is 15.1. The number of carbonyl (C=O) groups is 1. The van der Waals surface area contributed by atoms with Crippen molar-refractivity contribution in [3.8, 4) is 5.75 Å². The van der Waals surface area contributed by atoms with E-state index in [0.717, 1.165) is 22.2 Å². The van der Waals surface area contributed by atoms with E-state index in [-0.39, 0.29) is 5.91 Å². The van der Waals surface area contributed by atoms with Crippen LogP contribution in [0.1, 0.15) is 23.0 Å². The molecule has 3 aromatic rings. The minimum atomic E-state index is -0.106. The lowest BCUT2D eigenvalue weighted by Crippen LogP contribution is -2.24. The van der Waals surface area contributed by atoms with Crippen LogP contribution in [-0.4, -0.2) is 22.1 Å². The molecule has 23 heavy (non-hydrogen) atoms. The van der Waals surface area contributed by atoms with Crippen molar-refractivity contribution in [1.29, 1.82) is 0 Å². The fraction of sp³-hybridized carbons (Fsp3) is 0.222. The van der Waals surface area contributed by atoms with Crippen molar-refractivity contribution in [2.45, 2.75) is 13.5 Å². The van der Waals surface area contributed by atoms with Gasteiger partial charge >= 0.3 is 0 Å². The molecule has 2 heterocycles. The molecule has 0 radical (unpaired) electrons. The van der Waals surface area contributed by atoms with Crippen LogP contribution >= 0.6 is 0 Å². The van der Waals surface area contributed by atoms with Crippen LogP contribution in [0.2, 0.25) is 0 Å². The van der Waals surface area contributed by atoms with E-state index in [0.29, 0.717) is 18.8 Å². The predicted octanol–water partition coefficient (Wildman–Crippen LogP) is 2.90. The Morgan fingerprint density at radius 1 is 1.30 bits per heavy atom. The Morgan fingerprint density at radius 3 is 2.91 bits per heavy atom. The summed E-state index contributed by atoms with van der Waals surface area (Å²) >= 11 is 0. The van der Waals surface area contributed by atoms with Crippen LogP contribution in [0.15, 0.2) is 48.8 Å². The summed E-state index contributed by atoms with van der Waals surface area (Å²) in [6.07, 6.45) is 3.46. The molecule has 5 heteroatoms. The topological polar surface area (TPSA) is 56.1 Å². The molecule has 0 bridgehead atoms. The molecule has 0 unspecified atom stereocenters. The summed E-state index contributed by atoms with van der Waals surface area (Å²) in [5.74, 6) is 0.707. The fourth-order valence-electron chi connectivity index (χ4n) is 2.58. The summed E-state index contributed by atoms with van der Waals surface area (Å²) in [7, 11) is 1.89. The average molecular weight is 309 g/mol. The van der Waals surface area contributed by atoms with Gasteiger partial charge in [0.1, 0.15) is 11.4 Å². The zero-order valence-electron chi connectivity index (χ0n) is 13.2. The molecule has 0 spiro atoms. The molecule has 118 valence electrons. The lowest BCUT2D eigenvalue weighted by Gasteiger charge is -2.06. The maximum absolute atomic E-state index is 12.4. The minimum absolute atomic E-state index is 0.106. The van der Waals surface area contributed by atoms with Gasteiger partial charge in [0.15, 0.2) is 0 Å². The Bertz CT molecular complexity index is 825. The second-order valence-electron chi connectivity index (χ2n) is 5.29. The van der Waals surface area contributed by atoms with Gasteiger partial charge in [0, 0.05) is 36.9 Å². The Balaban J connectivity index is 1.81. The number of hydrogen-bond donors (Lipinski definition) is 1. The van der Waals surface area contributed by atoms with E-state index >= 15 is 0 Å². The van der Waals surface area contributed by atoms with Crippen LogP contribution in [-0.2, 0) is 13.6 Å². The van der Waals surface area contributed by atoms with Crippen LogP contribution in [0, 0.1) is 0 Å². The summed E-state index contributed by atoms with van der Waals surface area (Å²) in [6, 6.07) is 11.5. The average Bonchev–Trinajstić information content (AvgIpc) is 2.90. The Kier molecular flexibility index (Phi) is 4.28. The minimum Gasteiger partial charge on any atom is -0.494 e. The Labute approximate surface area is 134 Å². The molecular formula is C18H19N3O2. The molecule has 0 fully saturated rings. The molecule has 0 aliphatic carbocycles. The normalized spacial score (nSPS) is 10.7. The van der Waals surface area contributed by atoms with Crippen LogP contribution in [0.25, 0.3) is 10.9 Å². The van der Waals surface area contributed by atoms with Crippen molar-refractivity contribution in [3.63, 3.8) is 0 Å². The van der Waals surface area contributed by atoms with Crippen molar-refractivity contribution < 1.29 is 9.53 Å². The van der Waals surface area contributed by atoms with E-state index in [1.807, 2.05) is 54.9 Å². The number of carbonyl (C=O) groups excluding carboxylic acids is 1. The highest BCUT2D eigenvalue weighted by molar-refractivity contribution is 5.99. The fourth-order valence-corrected chi connectivity index (χ4v) is 2.58. The van der Waals surface area contributed by atoms with Crippen molar-refractivity contribution in [1.82, 2.24) is 14.9 Å². The molecular weight excluding hydrogens is 290 g/mol. The molecule has 0 atom stereocenters. The van der Waals surface area contributed by atoms with Gasteiger partial charge in [0.25, 0.3) is 5.91 Å². The van der Waals surface area contributed by atoms with E-state index in [1.54, 1.807) is 12.4 Å². The number of amides is 1. The molecule has 2 aromatic heterocycles. The van der Waals surface area contributed by atoms with Crippen molar-refractivity contribution in [3.05, 3.63) is 60.0 Å². The van der Waals surface area contributed by atoms with E-state index in [1.165, 1.54) is 0 Å². The van der Waals surface area contributed by atoms with Crippen LogP contribution in [0.4, 0.5) is 0 Å². The summed E-state index contributed by atoms with van der Waals surface area (Å²) < 4.78 is 7.40. The number of rotatable bonds is 5. The van der Waals surface area contributed by atoms with Crippen molar-refractivity contribution in [2.75, 3.05) is 6.61 Å². The lowest BCUT2D eigenvalue weighted by atomic mass is 10.2. The van der Waals surface area contributed by atoms with Gasteiger partial charge in [-0.05, 0) is 42.8 Å². The number of hydrogen-bond acceptors (Lipinski definition) is 3. The number of fused-ring (bicyclic) bond motifs is 1. The second-order valence-corrected chi connectivity index (χ2v) is 5.29. The Morgan fingerprint density at radius 2 is 2.17 bits per heavy atom. The molecule has 5 nitrogen and oxygen atoms in total. The van der Waals surface area contributed by atoms with Crippen LogP contribution in [0.3, 0.4) is 0 Å². The first-order valence-electron chi connectivity index (χ1n) is 7.58. The molecule has 0 saturated heterocycles. The van der Waals surface area contributed by atoms with Crippen LogP contribution in [0.5, 0.6) is 5.75 Å². The first-order chi connectivity index (χ1) is 11.2. The molecule has 1 amide bonds. The highest BCUT2D eigenvalue weighted by Gasteiger charge is 2.13. The van der Waals surface area contributed by atoms with Gasteiger partial charge in [-0.25, -0.2) is 0 Å². The van der Waals surface area contributed by atoms with Gasteiger partial charge in [0.05, 0.1) is 6.61 Å². The highest BCUT2D eigenvalue weighted by atomic mass is 16.5. The number of ether oxygens (including phenoxy) is 1. The summed E-state index contributed by atoms with van der Waals surface area (Å²) in [6.45, 7) is 3.03. The molecule has 1 aromatic carbocycles. The van der Waals surface area contributed by atoms with E-state index in [2.05, 4.69) is 10.3 Å². The Hall–Kier alpha value is -2.82. The van der Waals surface area contributed by atoms with E-state index in [4.69, 9.17) is 4.74 Å². The standard InChI is InChI=1S/C18H19N3O2/c1-3-23-15-6-7-16-14(9-15)10-17(21(16)2)18(22)20-12-13-5-4-8-19-11-13/h4-11H,3,12H2,1-2H3,(H,20,22). The molecule has 0 saturated carbocycles. The highest BCUT2D eigenvalue weighted by Crippen LogP contribution is 2.24. The number of nitrogens with one attached hydrogen (secondary N) is 1. The third kappa shape index (κ3) is 3.18. The number of pyridine rings is 1. The van der Waals surface area contributed by atoms with Crippen molar-refractivity contribution >= 4 is 16.8 Å². The van der Waals surface area contributed by atoms with Crippen LogP contribution < -0.4 is 10.1 Å². The first-order valence-corrected chi connectivity index (χ1v) is 7.58. The zero-order valence-corrected chi connectivity index (χ0v) is 13.2. The SMILES string of the molecule is CCOc1ccc2c(c1)cc(C(=O)NCc1cccnc1)n2C. The maximum atomic E-state index is 12.4. The molecule has 1 N–H and O–H groups in total. The predicted molar refractivity (Wildman–Crippen MR) is 89.5 cm³/mol. The van der Waals surface area contributed by atoms with Gasteiger partial charge in [-0.3, -0.25) is 9.78 Å². The largest absolute Gasteiger partial charge is 0.494 e. The van der Waals surface area contributed by atoms with Gasteiger partial charge in [-0.15, -0.1) is 0 Å². The van der Waals surface area contributed by atoms with Gasteiger partial charge in [-0.2, -0.15) is 0 Å². The molecule has 0 aliphatic rings. The number of benzene rings is 1. The van der Waals surface area contributed by atoms with Crippen molar-refractivity contribution in [2.24, 2.45) is 7.05 Å². The van der Waals surface area contributed by atoms with E-state index in [9.17, 15) is 4.79 Å². The van der Waals surface area contributed by atoms with Gasteiger partial charge < -0.3 is 14.6 Å². The zero-order chi connectivity index (χ0) is 16.2. The monoisotopic (exact) mass is 309 g/mol. The van der Waals surface area contributed by atoms with Gasteiger partial charge in [-0.1, -0.05) is 6.07 Å². The maximum Gasteiger partial charge on any atom is 0.268 e. The number of aromatic nitrogens is 2. The quantitative estimate of drug-likeness (QED) is 0.788. The third-order valence-corrected chi connectivity index (χ3v) is 3.73. The molecule has 3 rings (SSSR count). The van der Waals surface area contributed by atoms with E-state index < -0.39 is 0 Å².